The van der Waals surface area contributed by atoms with Crippen LogP contribution >= 0.6 is 0 Å². The van der Waals surface area contributed by atoms with Crippen LogP contribution in [0.5, 0.6) is 0 Å². The highest BCUT2D eigenvalue weighted by Crippen LogP contribution is 2.29. The van der Waals surface area contributed by atoms with E-state index >= 15 is 0 Å². The fraction of sp³-hybridized carbons (Fsp3) is 1.00. The standard InChI is InChI=1S/C16H34N2O2/c1-13(2)8-17-9-14(10-19-7)18-11-15(3,4)20-16(5,6)12-18/h13-14,17H,8-12H2,1-7H3. The zero-order chi connectivity index (χ0) is 15.4. The minimum atomic E-state index is -0.105. The van der Waals surface area contributed by atoms with E-state index in [0.717, 1.165) is 32.8 Å². The van der Waals surface area contributed by atoms with Crippen molar-refractivity contribution in [3.63, 3.8) is 0 Å². The summed E-state index contributed by atoms with van der Waals surface area (Å²) < 4.78 is 11.6. The van der Waals surface area contributed by atoms with E-state index in [9.17, 15) is 0 Å². The summed E-state index contributed by atoms with van der Waals surface area (Å²) in [5.74, 6) is 0.677. The van der Waals surface area contributed by atoms with Crippen molar-refractivity contribution in [2.45, 2.75) is 58.8 Å². The van der Waals surface area contributed by atoms with Gasteiger partial charge in [0.15, 0.2) is 0 Å². The van der Waals surface area contributed by atoms with Gasteiger partial charge in [-0.3, -0.25) is 4.90 Å². The molecule has 1 aliphatic rings. The molecule has 0 saturated carbocycles. The lowest BCUT2D eigenvalue weighted by atomic mass is 9.97. The van der Waals surface area contributed by atoms with E-state index in [1.54, 1.807) is 7.11 Å². The second-order valence-corrected chi connectivity index (χ2v) is 7.69. The van der Waals surface area contributed by atoms with Crippen LogP contribution in [-0.2, 0) is 9.47 Å². The molecule has 1 N–H and O–H groups in total. The number of methoxy groups -OCH3 is 1. The van der Waals surface area contributed by atoms with E-state index in [1.807, 2.05) is 0 Å². The Balaban J connectivity index is 2.64. The third-order valence-corrected chi connectivity index (χ3v) is 3.53. The Morgan fingerprint density at radius 3 is 2.10 bits per heavy atom. The Bertz CT molecular complexity index is 274. The van der Waals surface area contributed by atoms with Gasteiger partial charge in [-0.15, -0.1) is 0 Å². The molecule has 1 saturated heterocycles. The van der Waals surface area contributed by atoms with Crippen molar-refractivity contribution in [3.8, 4) is 0 Å². The second kappa shape index (κ2) is 7.21. The minimum Gasteiger partial charge on any atom is -0.383 e. The molecule has 120 valence electrons. The number of nitrogens with zero attached hydrogens (tertiary/aromatic N) is 1. The van der Waals surface area contributed by atoms with Gasteiger partial charge < -0.3 is 14.8 Å². The highest BCUT2D eigenvalue weighted by Gasteiger charge is 2.40. The van der Waals surface area contributed by atoms with Gasteiger partial charge in [0.2, 0.25) is 0 Å². The van der Waals surface area contributed by atoms with Gasteiger partial charge in [-0.05, 0) is 40.2 Å². The molecule has 0 aromatic carbocycles. The lowest BCUT2D eigenvalue weighted by molar-refractivity contribution is -0.190. The quantitative estimate of drug-likeness (QED) is 0.777. The number of morpholine rings is 1. The molecule has 1 atom stereocenters. The summed E-state index contributed by atoms with van der Waals surface area (Å²) in [4.78, 5) is 2.51. The highest BCUT2D eigenvalue weighted by molar-refractivity contribution is 4.92. The van der Waals surface area contributed by atoms with Crippen molar-refractivity contribution in [2.24, 2.45) is 5.92 Å². The molecule has 1 rings (SSSR count). The molecule has 0 spiro atoms. The Labute approximate surface area is 125 Å². The maximum absolute atomic E-state index is 6.16. The molecule has 0 aromatic heterocycles. The topological polar surface area (TPSA) is 33.7 Å². The molecule has 1 fully saturated rings. The lowest BCUT2D eigenvalue weighted by Crippen LogP contribution is -2.62. The van der Waals surface area contributed by atoms with Gasteiger partial charge in [-0.2, -0.15) is 0 Å². The van der Waals surface area contributed by atoms with Gasteiger partial charge in [0.05, 0.1) is 17.8 Å². The van der Waals surface area contributed by atoms with Crippen molar-refractivity contribution in [2.75, 3.05) is 39.9 Å². The average Bonchev–Trinajstić information content (AvgIpc) is 2.23. The van der Waals surface area contributed by atoms with Crippen molar-refractivity contribution in [1.29, 1.82) is 0 Å². The summed E-state index contributed by atoms with van der Waals surface area (Å²) in [7, 11) is 1.78. The first-order chi connectivity index (χ1) is 9.15. The Hall–Kier alpha value is -0.160. The van der Waals surface area contributed by atoms with Crippen LogP contribution in [-0.4, -0.2) is 62.0 Å². The first kappa shape index (κ1) is 17.9. The Kier molecular flexibility index (Phi) is 6.45. The van der Waals surface area contributed by atoms with E-state index in [-0.39, 0.29) is 11.2 Å². The van der Waals surface area contributed by atoms with Gasteiger partial charge in [-0.1, -0.05) is 13.8 Å². The molecule has 20 heavy (non-hydrogen) atoms. The fourth-order valence-electron chi connectivity index (χ4n) is 3.13. The summed E-state index contributed by atoms with van der Waals surface area (Å²) in [6.07, 6.45) is 0. The number of rotatable bonds is 7. The summed E-state index contributed by atoms with van der Waals surface area (Å²) in [6.45, 7) is 17.9. The van der Waals surface area contributed by atoms with Gasteiger partial charge in [0, 0.05) is 32.8 Å². The van der Waals surface area contributed by atoms with Gasteiger partial charge >= 0.3 is 0 Å². The predicted octanol–water partition coefficient (Wildman–Crippen LogP) is 2.14. The molecule has 4 nitrogen and oxygen atoms in total. The Morgan fingerprint density at radius 2 is 1.65 bits per heavy atom. The van der Waals surface area contributed by atoms with E-state index in [4.69, 9.17) is 9.47 Å². The van der Waals surface area contributed by atoms with E-state index in [2.05, 4.69) is 51.8 Å². The first-order valence-corrected chi connectivity index (χ1v) is 7.79. The van der Waals surface area contributed by atoms with Gasteiger partial charge in [0.25, 0.3) is 0 Å². The average molecular weight is 286 g/mol. The molecule has 0 amide bonds. The molecule has 1 unspecified atom stereocenters. The third-order valence-electron chi connectivity index (χ3n) is 3.53. The summed E-state index contributed by atoms with van der Waals surface area (Å²) in [5, 5.41) is 3.56. The summed E-state index contributed by atoms with van der Waals surface area (Å²) in [5.41, 5.74) is -0.211. The third kappa shape index (κ3) is 6.08. The van der Waals surface area contributed by atoms with E-state index in [0.29, 0.717) is 12.0 Å². The van der Waals surface area contributed by atoms with Crippen molar-refractivity contribution >= 4 is 0 Å². The zero-order valence-electron chi connectivity index (χ0n) is 14.5. The van der Waals surface area contributed by atoms with Crippen molar-refractivity contribution in [1.82, 2.24) is 10.2 Å². The Morgan fingerprint density at radius 1 is 1.10 bits per heavy atom. The molecule has 0 aliphatic carbocycles. The van der Waals surface area contributed by atoms with Crippen LogP contribution in [0, 0.1) is 5.92 Å². The smallest absolute Gasteiger partial charge is 0.0760 e. The van der Waals surface area contributed by atoms with Crippen molar-refractivity contribution < 1.29 is 9.47 Å². The van der Waals surface area contributed by atoms with Crippen LogP contribution < -0.4 is 5.32 Å². The molecule has 0 aromatic rings. The molecule has 0 bridgehead atoms. The maximum Gasteiger partial charge on any atom is 0.0760 e. The number of nitrogens with one attached hydrogen (secondary N) is 1. The second-order valence-electron chi connectivity index (χ2n) is 7.69. The van der Waals surface area contributed by atoms with Crippen LogP contribution in [0.2, 0.25) is 0 Å². The number of ether oxygens (including phenoxy) is 2. The molecule has 4 heteroatoms. The van der Waals surface area contributed by atoms with Gasteiger partial charge in [0.1, 0.15) is 0 Å². The van der Waals surface area contributed by atoms with Gasteiger partial charge in [-0.25, -0.2) is 0 Å². The number of hydrogen-bond acceptors (Lipinski definition) is 4. The maximum atomic E-state index is 6.16. The molecular weight excluding hydrogens is 252 g/mol. The first-order valence-electron chi connectivity index (χ1n) is 7.79. The molecule has 1 heterocycles. The molecule has 0 radical (unpaired) electrons. The van der Waals surface area contributed by atoms with E-state index in [1.165, 1.54) is 0 Å². The SMILES string of the molecule is COCC(CNCC(C)C)N1CC(C)(C)OC(C)(C)C1. The normalized spacial score (nSPS) is 24.0. The number of hydrogen-bond donors (Lipinski definition) is 1. The largest absolute Gasteiger partial charge is 0.383 e. The predicted molar refractivity (Wildman–Crippen MR) is 84.2 cm³/mol. The summed E-state index contributed by atoms with van der Waals surface area (Å²) in [6, 6.07) is 0.404. The molecular formula is C16H34N2O2. The summed E-state index contributed by atoms with van der Waals surface area (Å²) >= 11 is 0. The minimum absolute atomic E-state index is 0.105. The highest BCUT2D eigenvalue weighted by atomic mass is 16.5. The van der Waals surface area contributed by atoms with E-state index < -0.39 is 0 Å². The van der Waals surface area contributed by atoms with Crippen LogP contribution in [0.15, 0.2) is 0 Å². The monoisotopic (exact) mass is 286 g/mol. The van der Waals surface area contributed by atoms with Crippen molar-refractivity contribution in [3.05, 3.63) is 0 Å². The molecule has 1 aliphatic heterocycles. The lowest BCUT2D eigenvalue weighted by Gasteiger charge is -2.49. The fourth-order valence-corrected chi connectivity index (χ4v) is 3.13. The van der Waals surface area contributed by atoms with Crippen LogP contribution in [0.1, 0.15) is 41.5 Å². The zero-order valence-corrected chi connectivity index (χ0v) is 14.5. The van der Waals surface area contributed by atoms with Crippen LogP contribution in [0.25, 0.3) is 0 Å². The van der Waals surface area contributed by atoms with Crippen LogP contribution in [0.3, 0.4) is 0 Å². The van der Waals surface area contributed by atoms with Crippen LogP contribution in [0.4, 0.5) is 0 Å².